The van der Waals surface area contributed by atoms with Crippen LogP contribution in [0.4, 0.5) is 22.0 Å². The molecule has 0 bridgehead atoms. The van der Waals surface area contributed by atoms with Gasteiger partial charge in [0.2, 0.25) is 0 Å². The molecule has 0 aliphatic carbocycles. The zero-order valence-corrected chi connectivity index (χ0v) is 15.7. The van der Waals surface area contributed by atoms with E-state index in [1.807, 2.05) is 0 Å². The van der Waals surface area contributed by atoms with Crippen molar-refractivity contribution in [3.63, 3.8) is 0 Å². The highest BCUT2D eigenvalue weighted by molar-refractivity contribution is 5.97. The largest absolute Gasteiger partial charge is 0.493 e. The van der Waals surface area contributed by atoms with E-state index in [1.54, 1.807) is 0 Å². The molecule has 1 heterocycles. The average Bonchev–Trinajstić information content (AvgIpc) is 2.61. The minimum atomic E-state index is -4.55. The Hall–Kier alpha value is -1.85. The van der Waals surface area contributed by atoms with Gasteiger partial charge in [-0.3, -0.25) is 9.69 Å². The van der Waals surface area contributed by atoms with Gasteiger partial charge in [0.05, 0.1) is 12.7 Å². The number of halogens is 6. The zero-order chi connectivity index (χ0) is 20.0. The Morgan fingerprint density at radius 1 is 1.29 bits per heavy atom. The number of methoxy groups -OCH3 is 1. The summed E-state index contributed by atoms with van der Waals surface area (Å²) in [7, 11) is 1.19. The number of nitrogens with zero attached hydrogens (tertiary/aromatic N) is 1. The quantitative estimate of drug-likeness (QED) is 0.646. The molecule has 2 rings (SSSR count). The lowest BCUT2D eigenvalue weighted by Gasteiger charge is -2.35. The number of rotatable bonds is 7. The van der Waals surface area contributed by atoms with E-state index in [1.165, 1.54) is 30.2 Å². The van der Waals surface area contributed by atoms with Gasteiger partial charge in [0.25, 0.3) is 5.91 Å². The predicted octanol–water partition coefficient (Wildman–Crippen LogP) is 2.28. The summed E-state index contributed by atoms with van der Waals surface area (Å²) in [6.45, 7) is -2.77. The second-order valence-electron chi connectivity index (χ2n) is 5.77. The number of carbonyl (C=O) groups excluding carboxylic acids is 1. The second kappa shape index (κ2) is 10.6. The van der Waals surface area contributed by atoms with Crippen molar-refractivity contribution in [2.45, 2.75) is 18.8 Å². The molecule has 0 radical (unpaired) electrons. The molecule has 0 spiro atoms. The lowest BCUT2D eigenvalue weighted by Crippen LogP contribution is -2.57. The van der Waals surface area contributed by atoms with Gasteiger partial charge >= 0.3 is 12.8 Å². The summed E-state index contributed by atoms with van der Waals surface area (Å²) in [5.74, 6) is -1.62. The summed E-state index contributed by atoms with van der Waals surface area (Å²) >= 11 is 0. The number of piperazine rings is 1. The molecule has 1 aliphatic rings. The number of nitrogens with one attached hydrogen (secondary N) is 2. The van der Waals surface area contributed by atoms with E-state index in [0.717, 1.165) is 0 Å². The molecule has 2 N–H and O–H groups in total. The lowest BCUT2D eigenvalue weighted by molar-refractivity contribution is -0.183. The molecular formula is C16H21ClF5N3O3. The number of hydrogen-bond donors (Lipinski definition) is 2. The minimum Gasteiger partial charge on any atom is -0.493 e. The van der Waals surface area contributed by atoms with Crippen LogP contribution in [0.2, 0.25) is 0 Å². The van der Waals surface area contributed by atoms with Crippen LogP contribution >= 0.6 is 12.4 Å². The highest BCUT2D eigenvalue weighted by atomic mass is 35.5. The molecule has 12 heteroatoms. The maximum Gasteiger partial charge on any atom is 0.405 e. The first kappa shape index (κ1) is 24.2. The van der Waals surface area contributed by atoms with Crippen LogP contribution < -0.4 is 20.1 Å². The maximum absolute atomic E-state index is 13.4. The van der Waals surface area contributed by atoms with Crippen molar-refractivity contribution in [1.29, 1.82) is 0 Å². The van der Waals surface area contributed by atoms with Gasteiger partial charge in [0.15, 0.2) is 11.5 Å². The first-order chi connectivity index (χ1) is 12.7. The van der Waals surface area contributed by atoms with Crippen molar-refractivity contribution in [2.75, 3.05) is 39.8 Å². The van der Waals surface area contributed by atoms with Crippen molar-refractivity contribution >= 4 is 18.3 Å². The molecule has 1 unspecified atom stereocenters. The topological polar surface area (TPSA) is 62.8 Å². The van der Waals surface area contributed by atoms with Gasteiger partial charge in [0, 0.05) is 32.7 Å². The Bertz CT molecular complexity index is 642. The summed E-state index contributed by atoms with van der Waals surface area (Å²) in [6.07, 6.45) is -4.55. The summed E-state index contributed by atoms with van der Waals surface area (Å²) in [4.78, 5) is 13.6. The molecule has 1 atom stereocenters. The third-order valence-corrected chi connectivity index (χ3v) is 4.08. The number of benzene rings is 1. The van der Waals surface area contributed by atoms with Crippen molar-refractivity contribution in [3.05, 3.63) is 23.8 Å². The van der Waals surface area contributed by atoms with Crippen LogP contribution in [-0.4, -0.2) is 69.5 Å². The Kier molecular flexibility index (Phi) is 9.18. The average molecular weight is 434 g/mol. The molecule has 28 heavy (non-hydrogen) atoms. The fraction of sp³-hybridized carbons (Fsp3) is 0.562. The van der Waals surface area contributed by atoms with Crippen LogP contribution in [0.5, 0.6) is 11.5 Å². The smallest absolute Gasteiger partial charge is 0.405 e. The minimum absolute atomic E-state index is 0. The molecule has 6 nitrogen and oxygen atoms in total. The predicted molar refractivity (Wildman–Crippen MR) is 93.5 cm³/mol. The summed E-state index contributed by atoms with van der Waals surface area (Å²) < 4.78 is 74.6. The molecule has 0 aromatic heterocycles. The second-order valence-corrected chi connectivity index (χ2v) is 5.77. The third-order valence-electron chi connectivity index (χ3n) is 4.08. The molecule has 160 valence electrons. The molecular weight excluding hydrogens is 413 g/mol. The van der Waals surface area contributed by atoms with E-state index in [-0.39, 0.29) is 36.8 Å². The van der Waals surface area contributed by atoms with Crippen LogP contribution in [0.15, 0.2) is 18.2 Å². The van der Waals surface area contributed by atoms with Gasteiger partial charge in [-0.25, -0.2) is 0 Å². The maximum atomic E-state index is 13.4. The van der Waals surface area contributed by atoms with Crippen LogP contribution in [-0.2, 0) is 0 Å². The van der Waals surface area contributed by atoms with Crippen LogP contribution in [0.25, 0.3) is 0 Å². The number of ether oxygens (including phenoxy) is 2. The number of amides is 1. The Labute approximate surface area is 164 Å². The molecule has 1 aromatic carbocycles. The first-order valence-corrected chi connectivity index (χ1v) is 8.15. The van der Waals surface area contributed by atoms with Crippen molar-refractivity contribution in [2.24, 2.45) is 0 Å². The summed E-state index contributed by atoms with van der Waals surface area (Å²) in [5, 5.41) is 5.12. The van der Waals surface area contributed by atoms with E-state index in [0.29, 0.717) is 13.1 Å². The SMILES string of the molecule is COc1cccc(C(=O)NCC(N2CCNCC2)C(F)(F)F)c1OC(F)F.Cl. The molecule has 1 amide bonds. The normalized spacial score (nSPS) is 16.2. The fourth-order valence-electron chi connectivity index (χ4n) is 2.80. The fourth-order valence-corrected chi connectivity index (χ4v) is 2.80. The van der Waals surface area contributed by atoms with Crippen LogP contribution in [0.1, 0.15) is 10.4 Å². The van der Waals surface area contributed by atoms with Gasteiger partial charge in [-0.2, -0.15) is 22.0 Å². The molecule has 1 aliphatic heterocycles. The van der Waals surface area contributed by atoms with Gasteiger partial charge in [0.1, 0.15) is 6.04 Å². The summed E-state index contributed by atoms with van der Waals surface area (Å²) in [6, 6.07) is 1.94. The summed E-state index contributed by atoms with van der Waals surface area (Å²) in [5.41, 5.74) is -0.337. The lowest BCUT2D eigenvalue weighted by atomic mass is 10.1. The van der Waals surface area contributed by atoms with Gasteiger partial charge in [-0.05, 0) is 12.1 Å². The van der Waals surface area contributed by atoms with E-state index in [4.69, 9.17) is 4.74 Å². The Morgan fingerprint density at radius 2 is 1.93 bits per heavy atom. The number of para-hydroxylation sites is 1. The van der Waals surface area contributed by atoms with E-state index < -0.39 is 37.0 Å². The number of carbonyl (C=O) groups is 1. The zero-order valence-electron chi connectivity index (χ0n) is 14.9. The Balaban J connectivity index is 0.00000392. The third kappa shape index (κ3) is 6.35. The van der Waals surface area contributed by atoms with Gasteiger partial charge in [-0.1, -0.05) is 6.07 Å². The highest BCUT2D eigenvalue weighted by Gasteiger charge is 2.44. The number of alkyl halides is 5. The molecule has 0 saturated carbocycles. The van der Waals surface area contributed by atoms with Crippen molar-refractivity contribution in [1.82, 2.24) is 15.5 Å². The van der Waals surface area contributed by atoms with E-state index >= 15 is 0 Å². The van der Waals surface area contributed by atoms with Crippen molar-refractivity contribution < 1.29 is 36.2 Å². The highest BCUT2D eigenvalue weighted by Crippen LogP contribution is 2.32. The first-order valence-electron chi connectivity index (χ1n) is 8.15. The monoisotopic (exact) mass is 433 g/mol. The molecule has 1 aromatic rings. The van der Waals surface area contributed by atoms with Gasteiger partial charge in [-0.15, -0.1) is 12.4 Å². The molecule has 1 fully saturated rings. The molecule has 1 saturated heterocycles. The van der Waals surface area contributed by atoms with Crippen LogP contribution in [0.3, 0.4) is 0 Å². The van der Waals surface area contributed by atoms with Crippen LogP contribution in [0, 0.1) is 0 Å². The number of hydrogen-bond acceptors (Lipinski definition) is 5. The van der Waals surface area contributed by atoms with E-state index in [2.05, 4.69) is 15.4 Å². The standard InChI is InChI=1S/C16H20F5N3O3.ClH/c1-26-11-4-2-3-10(13(11)27-15(17)18)14(25)23-9-12(16(19,20)21)24-7-5-22-6-8-24;/h2-4,12,15,22H,5-9H2,1H3,(H,23,25);1H. The van der Waals surface area contributed by atoms with Crippen molar-refractivity contribution in [3.8, 4) is 11.5 Å². The van der Waals surface area contributed by atoms with Gasteiger partial charge < -0.3 is 20.1 Å². The Morgan fingerprint density at radius 3 is 2.46 bits per heavy atom. The van der Waals surface area contributed by atoms with E-state index in [9.17, 15) is 26.7 Å².